The third-order valence-electron chi connectivity index (χ3n) is 4.42. The summed E-state index contributed by atoms with van der Waals surface area (Å²) in [4.78, 5) is 24.4. The Morgan fingerprint density at radius 3 is 2.79 bits per heavy atom. The van der Waals surface area contributed by atoms with Gasteiger partial charge in [-0.15, -0.1) is 23.4 Å². The van der Waals surface area contributed by atoms with E-state index in [0.29, 0.717) is 41.0 Å². The van der Waals surface area contributed by atoms with E-state index >= 15 is 0 Å². The number of nitrogens with zero attached hydrogens (tertiary/aromatic N) is 5. The number of nitrogens with one attached hydrogen (secondary N) is 1. The second-order valence-electron chi connectivity index (χ2n) is 6.35. The number of aromatic nitrogens is 6. The molecule has 0 aliphatic carbocycles. The normalized spacial score (nSPS) is 11.1. The van der Waals surface area contributed by atoms with E-state index in [1.807, 2.05) is 49.7 Å². The van der Waals surface area contributed by atoms with Crippen molar-refractivity contribution in [3.8, 4) is 17.4 Å². The number of hydrogen-bond acceptors (Lipinski definition) is 6. The Morgan fingerprint density at radius 1 is 1.28 bits per heavy atom. The first kappa shape index (κ1) is 19.0. The lowest BCUT2D eigenvalue weighted by atomic mass is 10.2. The molecular formula is C20H20N6O2S. The topological polar surface area (TPSA) is 90.6 Å². The van der Waals surface area contributed by atoms with Crippen molar-refractivity contribution in [2.24, 2.45) is 7.05 Å². The second kappa shape index (κ2) is 7.96. The standard InChI is InChI=1S/C20H20N6O2S/c1-4-10-26-18-16(19(29-3)23-20(26)27)21-17(22-18)14-11-15(24-25(14)2)28-12-13-8-6-5-7-9-13/h4-9,11H,1,10,12H2,2-3H3,(H,21,22). The average molecular weight is 408 g/mol. The molecule has 3 aromatic heterocycles. The molecule has 1 N–H and O–H groups in total. The van der Waals surface area contributed by atoms with Gasteiger partial charge in [0, 0.05) is 19.7 Å². The van der Waals surface area contributed by atoms with E-state index in [9.17, 15) is 4.79 Å². The summed E-state index contributed by atoms with van der Waals surface area (Å²) in [5, 5.41) is 5.02. The number of benzene rings is 1. The Bertz CT molecular complexity index is 1230. The van der Waals surface area contributed by atoms with Crippen LogP contribution in [-0.2, 0) is 20.2 Å². The quantitative estimate of drug-likeness (QED) is 0.287. The fraction of sp³-hybridized carbons (Fsp3) is 0.200. The van der Waals surface area contributed by atoms with Crippen LogP contribution in [0.4, 0.5) is 0 Å². The number of rotatable bonds is 7. The number of aryl methyl sites for hydroxylation is 1. The molecule has 0 atom stereocenters. The van der Waals surface area contributed by atoms with Gasteiger partial charge in [-0.05, 0) is 11.8 Å². The molecule has 0 aliphatic rings. The molecular weight excluding hydrogens is 388 g/mol. The third-order valence-corrected chi connectivity index (χ3v) is 5.10. The molecule has 4 rings (SSSR count). The molecule has 0 spiro atoms. The van der Waals surface area contributed by atoms with Crippen molar-refractivity contribution >= 4 is 22.9 Å². The lowest BCUT2D eigenvalue weighted by molar-refractivity contribution is 0.291. The predicted octanol–water partition coefficient (Wildman–Crippen LogP) is 3.01. The number of aromatic amines is 1. The molecule has 3 heterocycles. The summed E-state index contributed by atoms with van der Waals surface area (Å²) in [5.74, 6) is 1.09. The van der Waals surface area contributed by atoms with Crippen molar-refractivity contribution in [3.05, 3.63) is 65.1 Å². The van der Waals surface area contributed by atoms with Gasteiger partial charge in [0.25, 0.3) is 0 Å². The molecule has 0 fully saturated rings. The Hall–Kier alpha value is -3.33. The minimum atomic E-state index is -0.350. The van der Waals surface area contributed by atoms with Crippen LogP contribution in [0.5, 0.6) is 5.88 Å². The number of fused-ring (bicyclic) bond motifs is 1. The lowest BCUT2D eigenvalue weighted by Gasteiger charge is -2.04. The molecule has 0 amide bonds. The van der Waals surface area contributed by atoms with Crippen molar-refractivity contribution in [3.63, 3.8) is 0 Å². The number of H-pyrrole nitrogens is 1. The fourth-order valence-corrected chi connectivity index (χ4v) is 3.55. The van der Waals surface area contributed by atoms with Gasteiger partial charge in [-0.25, -0.2) is 9.78 Å². The Kier molecular flexibility index (Phi) is 5.22. The molecule has 1 aromatic carbocycles. The number of allylic oxidation sites excluding steroid dienone is 1. The Morgan fingerprint density at radius 2 is 2.07 bits per heavy atom. The monoisotopic (exact) mass is 408 g/mol. The molecule has 29 heavy (non-hydrogen) atoms. The molecule has 8 nitrogen and oxygen atoms in total. The van der Waals surface area contributed by atoms with Crippen LogP contribution >= 0.6 is 11.8 Å². The first-order valence-electron chi connectivity index (χ1n) is 8.97. The SMILES string of the molecule is C=CCn1c(=O)nc(SC)c2[nH]c(-c3cc(OCc4ccccc4)nn3C)nc21. The first-order chi connectivity index (χ1) is 14.1. The number of thioether (sulfide) groups is 1. The average Bonchev–Trinajstić information content (AvgIpc) is 3.33. The maximum atomic E-state index is 12.3. The van der Waals surface area contributed by atoms with Gasteiger partial charge in [-0.1, -0.05) is 36.4 Å². The molecule has 0 saturated carbocycles. The highest BCUT2D eigenvalue weighted by Gasteiger charge is 2.18. The van der Waals surface area contributed by atoms with E-state index in [1.165, 1.54) is 16.3 Å². The van der Waals surface area contributed by atoms with E-state index in [4.69, 9.17) is 4.74 Å². The largest absolute Gasteiger partial charge is 0.472 e. The zero-order valence-corrected chi connectivity index (χ0v) is 16.9. The Labute approximate surface area is 171 Å². The molecule has 0 unspecified atom stereocenters. The van der Waals surface area contributed by atoms with Crippen LogP contribution in [0.2, 0.25) is 0 Å². The number of imidazole rings is 1. The summed E-state index contributed by atoms with van der Waals surface area (Å²) < 4.78 is 9.00. The maximum absolute atomic E-state index is 12.3. The van der Waals surface area contributed by atoms with Crippen molar-refractivity contribution in [2.75, 3.05) is 6.26 Å². The van der Waals surface area contributed by atoms with Crippen molar-refractivity contribution in [1.82, 2.24) is 29.3 Å². The zero-order valence-electron chi connectivity index (χ0n) is 16.1. The molecule has 0 saturated heterocycles. The second-order valence-corrected chi connectivity index (χ2v) is 7.15. The van der Waals surface area contributed by atoms with Gasteiger partial charge in [-0.2, -0.15) is 4.98 Å². The summed E-state index contributed by atoms with van der Waals surface area (Å²) >= 11 is 1.39. The maximum Gasteiger partial charge on any atom is 0.350 e. The van der Waals surface area contributed by atoms with Gasteiger partial charge < -0.3 is 9.72 Å². The number of hydrogen-bond donors (Lipinski definition) is 1. The van der Waals surface area contributed by atoms with Crippen LogP contribution in [-0.4, -0.2) is 35.6 Å². The van der Waals surface area contributed by atoms with Crippen LogP contribution < -0.4 is 10.4 Å². The molecule has 9 heteroatoms. The van der Waals surface area contributed by atoms with Crippen LogP contribution in [0.3, 0.4) is 0 Å². The molecule has 0 bridgehead atoms. The van der Waals surface area contributed by atoms with Gasteiger partial charge in [0.15, 0.2) is 11.5 Å². The summed E-state index contributed by atoms with van der Waals surface area (Å²) in [6.07, 6.45) is 3.52. The van der Waals surface area contributed by atoms with Crippen LogP contribution in [0.25, 0.3) is 22.7 Å². The lowest BCUT2D eigenvalue weighted by Crippen LogP contribution is -2.23. The van der Waals surface area contributed by atoms with Crippen molar-refractivity contribution in [1.29, 1.82) is 0 Å². The van der Waals surface area contributed by atoms with Gasteiger partial charge in [0.2, 0.25) is 5.88 Å². The highest BCUT2D eigenvalue weighted by atomic mass is 32.2. The van der Waals surface area contributed by atoms with E-state index in [1.54, 1.807) is 10.8 Å². The van der Waals surface area contributed by atoms with Crippen LogP contribution in [0.15, 0.2) is 58.9 Å². The van der Waals surface area contributed by atoms with Gasteiger partial charge in [-0.3, -0.25) is 9.25 Å². The predicted molar refractivity (Wildman–Crippen MR) is 113 cm³/mol. The smallest absolute Gasteiger partial charge is 0.350 e. The first-order valence-corrected chi connectivity index (χ1v) is 10.2. The van der Waals surface area contributed by atoms with Crippen molar-refractivity contribution in [2.45, 2.75) is 18.2 Å². The summed E-state index contributed by atoms with van der Waals surface area (Å²) in [6, 6.07) is 11.7. The zero-order chi connectivity index (χ0) is 20.4. The Balaban J connectivity index is 1.71. The van der Waals surface area contributed by atoms with Crippen LogP contribution in [0.1, 0.15) is 5.56 Å². The van der Waals surface area contributed by atoms with Gasteiger partial charge in [0.1, 0.15) is 22.8 Å². The van der Waals surface area contributed by atoms with E-state index < -0.39 is 0 Å². The van der Waals surface area contributed by atoms with Crippen LogP contribution in [0, 0.1) is 0 Å². The number of ether oxygens (including phenoxy) is 1. The van der Waals surface area contributed by atoms with Gasteiger partial charge >= 0.3 is 5.69 Å². The third kappa shape index (κ3) is 3.68. The molecule has 148 valence electrons. The minimum absolute atomic E-state index is 0.331. The fourth-order valence-electron chi connectivity index (χ4n) is 3.03. The highest BCUT2D eigenvalue weighted by molar-refractivity contribution is 7.98. The minimum Gasteiger partial charge on any atom is -0.472 e. The highest BCUT2D eigenvalue weighted by Crippen LogP contribution is 2.27. The van der Waals surface area contributed by atoms with E-state index in [-0.39, 0.29) is 5.69 Å². The summed E-state index contributed by atoms with van der Waals surface area (Å²) in [5.41, 5.74) is 2.71. The molecule has 4 aromatic rings. The molecule has 0 radical (unpaired) electrons. The summed E-state index contributed by atoms with van der Waals surface area (Å²) in [7, 11) is 1.82. The van der Waals surface area contributed by atoms with E-state index in [2.05, 4.69) is 26.6 Å². The summed E-state index contributed by atoms with van der Waals surface area (Å²) in [6.45, 7) is 4.47. The van der Waals surface area contributed by atoms with Gasteiger partial charge in [0.05, 0.1) is 0 Å². The molecule has 0 aliphatic heterocycles. The van der Waals surface area contributed by atoms with Crippen molar-refractivity contribution < 1.29 is 4.74 Å². The van der Waals surface area contributed by atoms with E-state index in [0.717, 1.165) is 11.3 Å².